The lowest BCUT2D eigenvalue weighted by atomic mass is 10.1. The van der Waals surface area contributed by atoms with Crippen LogP contribution in [0.2, 0.25) is 0 Å². The van der Waals surface area contributed by atoms with E-state index in [4.69, 9.17) is 5.11 Å². The predicted octanol–water partition coefficient (Wildman–Crippen LogP) is 1.84. The average molecular weight is 309 g/mol. The second kappa shape index (κ2) is 6.80. The van der Waals surface area contributed by atoms with Gasteiger partial charge in [-0.05, 0) is 35.7 Å². The first-order valence-electron chi connectivity index (χ1n) is 6.46. The quantitative estimate of drug-likeness (QED) is 0.855. The van der Waals surface area contributed by atoms with Gasteiger partial charge in [0.1, 0.15) is 5.82 Å². The maximum Gasteiger partial charge on any atom is 0.240 e. The summed E-state index contributed by atoms with van der Waals surface area (Å²) < 4.78 is 39.9. The topological polar surface area (TPSA) is 66.4 Å². The molecule has 6 heteroatoms. The summed E-state index contributed by atoms with van der Waals surface area (Å²) in [4.78, 5) is 0.119. The second-order valence-electron chi connectivity index (χ2n) is 4.54. The highest BCUT2D eigenvalue weighted by molar-refractivity contribution is 7.89. The number of benzene rings is 2. The molecule has 2 rings (SSSR count). The van der Waals surface area contributed by atoms with Crippen molar-refractivity contribution in [2.24, 2.45) is 0 Å². The Morgan fingerprint density at radius 2 is 1.71 bits per heavy atom. The van der Waals surface area contributed by atoms with Gasteiger partial charge >= 0.3 is 0 Å². The third kappa shape index (κ3) is 4.10. The molecule has 2 aromatic carbocycles. The van der Waals surface area contributed by atoms with E-state index in [1.807, 2.05) is 0 Å². The average Bonchev–Trinajstić information content (AvgIpc) is 2.49. The summed E-state index contributed by atoms with van der Waals surface area (Å²) in [5.41, 5.74) is 1.11. The Labute approximate surface area is 123 Å². The molecule has 0 atom stereocenters. The molecule has 0 saturated carbocycles. The molecule has 0 radical (unpaired) electrons. The van der Waals surface area contributed by atoms with Crippen LogP contribution in [0.15, 0.2) is 53.4 Å². The van der Waals surface area contributed by atoms with Crippen LogP contribution < -0.4 is 4.72 Å². The summed E-state index contributed by atoms with van der Waals surface area (Å²) in [6.45, 7) is -0.0218. The van der Waals surface area contributed by atoms with Gasteiger partial charge in [0.25, 0.3) is 0 Å². The predicted molar refractivity (Wildman–Crippen MR) is 77.7 cm³/mol. The summed E-state index contributed by atoms with van der Waals surface area (Å²) in [5.74, 6) is -0.344. The Kier molecular flexibility index (Phi) is 5.06. The normalized spacial score (nSPS) is 11.5. The van der Waals surface area contributed by atoms with E-state index in [2.05, 4.69) is 4.72 Å². The zero-order chi connectivity index (χ0) is 15.3. The van der Waals surface area contributed by atoms with E-state index in [0.29, 0.717) is 11.1 Å². The molecule has 0 amide bonds. The van der Waals surface area contributed by atoms with Gasteiger partial charge in [0.05, 0.1) is 11.5 Å². The molecule has 0 aliphatic carbocycles. The third-order valence-corrected chi connectivity index (χ3v) is 4.54. The highest BCUT2D eigenvalue weighted by atomic mass is 32.2. The molecule has 2 N–H and O–H groups in total. The van der Waals surface area contributed by atoms with Crippen LogP contribution >= 0.6 is 0 Å². The maximum atomic E-state index is 13.4. The summed E-state index contributed by atoms with van der Waals surface area (Å²) in [6, 6.07) is 12.2. The van der Waals surface area contributed by atoms with Crippen LogP contribution in [0.25, 0.3) is 0 Å². The monoisotopic (exact) mass is 309 g/mol. The second-order valence-corrected chi connectivity index (χ2v) is 6.31. The Hall–Kier alpha value is -1.76. The van der Waals surface area contributed by atoms with Gasteiger partial charge in [-0.2, -0.15) is 0 Å². The van der Waals surface area contributed by atoms with Crippen LogP contribution in [0, 0.1) is 5.82 Å². The van der Waals surface area contributed by atoms with Crippen molar-refractivity contribution in [3.05, 3.63) is 65.5 Å². The molecule has 4 nitrogen and oxygen atoms in total. The van der Waals surface area contributed by atoms with Gasteiger partial charge in [-0.3, -0.25) is 0 Å². The minimum Gasteiger partial charge on any atom is -0.392 e. The molecule has 112 valence electrons. The fourth-order valence-corrected chi connectivity index (χ4v) is 2.91. The number of hydrogen-bond acceptors (Lipinski definition) is 3. The Morgan fingerprint density at radius 1 is 1.05 bits per heavy atom. The molecule has 0 fully saturated rings. The van der Waals surface area contributed by atoms with Gasteiger partial charge in [-0.1, -0.05) is 30.3 Å². The van der Waals surface area contributed by atoms with E-state index < -0.39 is 10.0 Å². The van der Waals surface area contributed by atoms with E-state index in [0.717, 1.165) is 0 Å². The van der Waals surface area contributed by atoms with Gasteiger partial charge in [0.15, 0.2) is 0 Å². The highest BCUT2D eigenvalue weighted by Gasteiger charge is 2.13. The number of rotatable bonds is 6. The van der Waals surface area contributed by atoms with Crippen molar-refractivity contribution >= 4 is 10.0 Å². The van der Waals surface area contributed by atoms with Gasteiger partial charge in [0.2, 0.25) is 10.0 Å². The Morgan fingerprint density at radius 3 is 2.33 bits per heavy atom. The largest absolute Gasteiger partial charge is 0.392 e. The number of aliphatic hydroxyl groups is 1. The molecule has 2 aromatic rings. The highest BCUT2D eigenvalue weighted by Crippen LogP contribution is 2.11. The number of hydrogen-bond donors (Lipinski definition) is 2. The number of aliphatic hydroxyl groups excluding tert-OH is 1. The summed E-state index contributed by atoms with van der Waals surface area (Å²) in [7, 11) is -3.62. The number of halogens is 1. The molecule has 0 aromatic heterocycles. The standard InChI is InChI=1S/C15H16FNO3S/c16-15-4-2-1-3-13(15)9-10-17-21(19,20)14-7-5-12(11-18)6-8-14/h1-8,17-18H,9-11H2. The first-order valence-corrected chi connectivity index (χ1v) is 7.94. The molecule has 21 heavy (non-hydrogen) atoms. The summed E-state index contributed by atoms with van der Waals surface area (Å²) in [6.07, 6.45) is 0.278. The first kappa shape index (κ1) is 15.6. The molecular weight excluding hydrogens is 293 g/mol. The van der Waals surface area contributed by atoms with E-state index in [1.165, 1.54) is 18.2 Å². The molecule has 0 unspecified atom stereocenters. The van der Waals surface area contributed by atoms with E-state index in [9.17, 15) is 12.8 Å². The van der Waals surface area contributed by atoms with Crippen molar-refractivity contribution in [1.82, 2.24) is 4.72 Å². The molecule has 0 aliphatic rings. The van der Waals surface area contributed by atoms with Crippen molar-refractivity contribution in [2.45, 2.75) is 17.9 Å². The zero-order valence-corrected chi connectivity index (χ0v) is 12.1. The van der Waals surface area contributed by atoms with Crippen LogP contribution in [-0.2, 0) is 23.1 Å². The first-order chi connectivity index (χ1) is 10.0. The molecule has 0 saturated heterocycles. The fraction of sp³-hybridized carbons (Fsp3) is 0.200. The van der Waals surface area contributed by atoms with Gasteiger partial charge in [-0.15, -0.1) is 0 Å². The van der Waals surface area contributed by atoms with Crippen molar-refractivity contribution in [3.8, 4) is 0 Å². The van der Waals surface area contributed by atoms with Crippen molar-refractivity contribution < 1.29 is 17.9 Å². The van der Waals surface area contributed by atoms with Crippen molar-refractivity contribution in [1.29, 1.82) is 0 Å². The zero-order valence-electron chi connectivity index (χ0n) is 11.3. The lowest BCUT2D eigenvalue weighted by molar-refractivity contribution is 0.282. The fourth-order valence-electron chi connectivity index (χ4n) is 1.88. The van der Waals surface area contributed by atoms with Gasteiger partial charge in [0, 0.05) is 6.54 Å². The smallest absolute Gasteiger partial charge is 0.240 e. The van der Waals surface area contributed by atoms with Crippen molar-refractivity contribution in [2.75, 3.05) is 6.54 Å². The van der Waals surface area contributed by atoms with Gasteiger partial charge in [-0.25, -0.2) is 17.5 Å². The SMILES string of the molecule is O=S(=O)(NCCc1ccccc1F)c1ccc(CO)cc1. The third-order valence-electron chi connectivity index (χ3n) is 3.06. The van der Waals surface area contributed by atoms with E-state index >= 15 is 0 Å². The molecule has 0 heterocycles. The van der Waals surface area contributed by atoms with Crippen LogP contribution in [0.1, 0.15) is 11.1 Å². The van der Waals surface area contributed by atoms with Crippen molar-refractivity contribution in [3.63, 3.8) is 0 Å². The van der Waals surface area contributed by atoms with Gasteiger partial charge < -0.3 is 5.11 Å². The lowest BCUT2D eigenvalue weighted by Gasteiger charge is -2.08. The lowest BCUT2D eigenvalue weighted by Crippen LogP contribution is -2.26. The molecular formula is C15H16FNO3S. The van der Waals surface area contributed by atoms with E-state index in [-0.39, 0.29) is 30.3 Å². The summed E-state index contributed by atoms with van der Waals surface area (Å²) in [5, 5.41) is 8.92. The number of nitrogens with one attached hydrogen (secondary N) is 1. The molecule has 0 bridgehead atoms. The minimum atomic E-state index is -3.62. The van der Waals surface area contributed by atoms with Crippen LogP contribution in [0.4, 0.5) is 4.39 Å². The van der Waals surface area contributed by atoms with Crippen LogP contribution in [-0.4, -0.2) is 20.1 Å². The molecule has 0 spiro atoms. The Bertz CT molecular complexity index is 699. The molecule has 0 aliphatic heterocycles. The number of sulfonamides is 1. The maximum absolute atomic E-state index is 13.4. The van der Waals surface area contributed by atoms with Crippen LogP contribution in [0.5, 0.6) is 0 Å². The van der Waals surface area contributed by atoms with E-state index in [1.54, 1.807) is 30.3 Å². The Balaban J connectivity index is 1.99. The van der Waals surface area contributed by atoms with Crippen LogP contribution in [0.3, 0.4) is 0 Å². The minimum absolute atomic E-state index is 0.116. The summed E-state index contributed by atoms with van der Waals surface area (Å²) >= 11 is 0.